The van der Waals surface area contributed by atoms with E-state index < -0.39 is 12.3 Å². The van der Waals surface area contributed by atoms with Gasteiger partial charge in [-0.3, -0.25) is 4.79 Å². The van der Waals surface area contributed by atoms with E-state index in [2.05, 4.69) is 35.9 Å². The predicted octanol–water partition coefficient (Wildman–Crippen LogP) is 3.79. The van der Waals surface area contributed by atoms with E-state index in [1.54, 1.807) is 24.5 Å². The van der Waals surface area contributed by atoms with Crippen LogP contribution >= 0.6 is 11.3 Å². The van der Waals surface area contributed by atoms with Crippen molar-refractivity contribution >= 4 is 28.5 Å². The van der Waals surface area contributed by atoms with Crippen LogP contribution in [0.4, 0.5) is 13.2 Å². The molecule has 0 spiro atoms. The minimum atomic E-state index is -4.78. The van der Waals surface area contributed by atoms with Crippen molar-refractivity contribution in [2.24, 2.45) is 5.10 Å². The lowest BCUT2D eigenvalue weighted by molar-refractivity contribution is -0.274. The molecule has 4 rings (SSSR count). The molecule has 3 aromatic rings. The number of amides is 1. The van der Waals surface area contributed by atoms with Gasteiger partial charge in [0.2, 0.25) is 5.82 Å². The quantitative estimate of drug-likeness (QED) is 0.367. The first-order valence-electron chi connectivity index (χ1n) is 9.36. The Bertz CT molecular complexity index is 1260. The summed E-state index contributed by atoms with van der Waals surface area (Å²) in [7, 11) is 0. The number of aromatic amines is 1. The number of ether oxygens (including phenoxy) is 1. The van der Waals surface area contributed by atoms with E-state index in [0.29, 0.717) is 39.5 Å². The molecule has 9 nitrogen and oxygen atoms in total. The molecule has 1 amide bonds. The standard InChI is InChI=1S/C20H15F3N6O3S/c1-10(24-27-19(31)13-3-2-12(8-13)18-25-28-29-26-18)15-9-33-17(16(15)30)11-4-6-14(7-5-11)32-20(21,22)23/h2-7,9,30H,8H2,1H3,(H,27,31)(H,25,26,28,29)/b24-10+. The lowest BCUT2D eigenvalue weighted by atomic mass is 10.1. The third-order valence-electron chi connectivity index (χ3n) is 4.62. The first kappa shape index (κ1) is 22.2. The molecule has 2 aromatic heterocycles. The molecule has 0 unspecified atom stereocenters. The van der Waals surface area contributed by atoms with Crippen LogP contribution in [-0.4, -0.2) is 43.7 Å². The van der Waals surface area contributed by atoms with Gasteiger partial charge >= 0.3 is 6.36 Å². The number of halogens is 3. The molecule has 1 aromatic carbocycles. The molecule has 0 aliphatic heterocycles. The molecule has 13 heteroatoms. The van der Waals surface area contributed by atoms with E-state index in [-0.39, 0.29) is 11.5 Å². The van der Waals surface area contributed by atoms with Gasteiger partial charge in [-0.1, -0.05) is 12.2 Å². The Morgan fingerprint density at radius 2 is 2.03 bits per heavy atom. The van der Waals surface area contributed by atoms with E-state index in [9.17, 15) is 23.1 Å². The molecular weight excluding hydrogens is 461 g/mol. The van der Waals surface area contributed by atoms with Gasteiger partial charge < -0.3 is 9.84 Å². The lowest BCUT2D eigenvalue weighted by Crippen LogP contribution is -2.20. The minimum Gasteiger partial charge on any atom is -0.506 e. The molecule has 0 saturated heterocycles. The number of alkyl halides is 3. The monoisotopic (exact) mass is 476 g/mol. The van der Waals surface area contributed by atoms with Crippen LogP contribution in [0.15, 0.2) is 52.5 Å². The van der Waals surface area contributed by atoms with Crippen molar-refractivity contribution < 1.29 is 27.8 Å². The van der Waals surface area contributed by atoms with Gasteiger partial charge in [-0.15, -0.1) is 34.7 Å². The largest absolute Gasteiger partial charge is 0.573 e. The Morgan fingerprint density at radius 1 is 1.27 bits per heavy atom. The number of benzene rings is 1. The van der Waals surface area contributed by atoms with Crippen molar-refractivity contribution in [3.8, 4) is 21.9 Å². The summed E-state index contributed by atoms with van der Waals surface area (Å²) in [6.45, 7) is 1.61. The second kappa shape index (κ2) is 8.86. The fourth-order valence-corrected chi connectivity index (χ4v) is 4.03. The highest BCUT2D eigenvalue weighted by Crippen LogP contribution is 2.39. The van der Waals surface area contributed by atoms with Crippen LogP contribution < -0.4 is 10.2 Å². The fourth-order valence-electron chi connectivity index (χ4n) is 3.02. The Morgan fingerprint density at radius 3 is 2.70 bits per heavy atom. The molecule has 0 saturated carbocycles. The number of thiophene rings is 1. The van der Waals surface area contributed by atoms with Crippen molar-refractivity contribution in [1.29, 1.82) is 0 Å². The number of carbonyl (C=O) groups excluding carboxylic acids is 1. The number of aromatic hydroxyl groups is 1. The molecule has 1 aliphatic carbocycles. The summed E-state index contributed by atoms with van der Waals surface area (Å²) in [4.78, 5) is 12.8. The predicted molar refractivity (Wildman–Crippen MR) is 113 cm³/mol. The Balaban J connectivity index is 1.41. The molecule has 0 bridgehead atoms. The van der Waals surface area contributed by atoms with E-state index in [1.807, 2.05) is 0 Å². The minimum absolute atomic E-state index is 0.0962. The maximum Gasteiger partial charge on any atom is 0.573 e. The summed E-state index contributed by atoms with van der Waals surface area (Å²) in [5, 5.41) is 29.9. The first-order chi connectivity index (χ1) is 15.7. The van der Waals surface area contributed by atoms with Crippen LogP contribution in [0, 0.1) is 0 Å². The summed E-state index contributed by atoms with van der Waals surface area (Å²) in [6, 6.07) is 5.14. The lowest BCUT2D eigenvalue weighted by Gasteiger charge is -2.09. The summed E-state index contributed by atoms with van der Waals surface area (Å²) in [5.74, 6) is -0.468. The summed E-state index contributed by atoms with van der Waals surface area (Å²) in [5.41, 5.74) is 4.89. The number of H-pyrrole nitrogens is 1. The average Bonchev–Trinajstić information content (AvgIpc) is 3.51. The number of rotatable bonds is 6. The topological polar surface area (TPSA) is 125 Å². The molecule has 33 heavy (non-hydrogen) atoms. The summed E-state index contributed by atoms with van der Waals surface area (Å²) >= 11 is 1.19. The zero-order valence-corrected chi connectivity index (χ0v) is 17.7. The van der Waals surface area contributed by atoms with Gasteiger partial charge in [-0.05, 0) is 42.0 Å². The van der Waals surface area contributed by atoms with Crippen molar-refractivity contribution in [1.82, 2.24) is 26.0 Å². The molecule has 1 aliphatic rings. The number of hydrazone groups is 1. The maximum atomic E-state index is 12.4. The van der Waals surface area contributed by atoms with Crippen LogP contribution in [0.5, 0.6) is 11.5 Å². The van der Waals surface area contributed by atoms with Crippen LogP contribution in [0.3, 0.4) is 0 Å². The molecule has 0 fully saturated rings. The Hall–Kier alpha value is -4.00. The average molecular weight is 476 g/mol. The highest BCUT2D eigenvalue weighted by atomic mass is 32.1. The highest BCUT2D eigenvalue weighted by molar-refractivity contribution is 7.14. The number of hydrogen-bond acceptors (Lipinski definition) is 8. The van der Waals surface area contributed by atoms with E-state index >= 15 is 0 Å². The number of tetrazole rings is 1. The number of carbonyl (C=O) groups is 1. The molecule has 0 radical (unpaired) electrons. The van der Waals surface area contributed by atoms with Crippen LogP contribution in [0.2, 0.25) is 0 Å². The molecule has 170 valence electrons. The van der Waals surface area contributed by atoms with Gasteiger partial charge in [0, 0.05) is 22.9 Å². The second-order valence-corrected chi connectivity index (χ2v) is 7.71. The smallest absolute Gasteiger partial charge is 0.506 e. The fraction of sp³-hybridized carbons (Fsp3) is 0.150. The van der Waals surface area contributed by atoms with Crippen molar-refractivity contribution in [2.45, 2.75) is 19.7 Å². The molecular formula is C20H15F3N6O3S. The number of nitrogens with zero attached hydrogens (tertiary/aromatic N) is 4. The zero-order chi connectivity index (χ0) is 23.6. The van der Waals surface area contributed by atoms with Crippen molar-refractivity contribution in [2.75, 3.05) is 0 Å². The maximum absolute atomic E-state index is 12.4. The zero-order valence-electron chi connectivity index (χ0n) is 16.8. The Kier molecular flexibility index (Phi) is 5.96. The number of hydrogen-bond donors (Lipinski definition) is 3. The molecule has 2 heterocycles. The van der Waals surface area contributed by atoms with Gasteiger partial charge in [-0.2, -0.15) is 10.3 Å². The third-order valence-corrected chi connectivity index (χ3v) is 5.64. The van der Waals surface area contributed by atoms with Crippen LogP contribution in [0.1, 0.15) is 24.7 Å². The van der Waals surface area contributed by atoms with Crippen LogP contribution in [-0.2, 0) is 4.79 Å². The van der Waals surface area contributed by atoms with Gasteiger partial charge in [0.15, 0.2) is 0 Å². The normalized spacial score (nSPS) is 14.1. The van der Waals surface area contributed by atoms with E-state index in [4.69, 9.17) is 0 Å². The number of nitrogens with one attached hydrogen (secondary N) is 2. The molecule has 3 N–H and O–H groups in total. The van der Waals surface area contributed by atoms with Crippen LogP contribution in [0.25, 0.3) is 16.0 Å². The van der Waals surface area contributed by atoms with Crippen molar-refractivity contribution in [3.63, 3.8) is 0 Å². The SMILES string of the molecule is C/C(=N\NC(=O)C1=CC=C(c2nn[nH]n2)C1)c1csc(-c2ccc(OC(F)(F)F)cc2)c1O. The van der Waals surface area contributed by atoms with E-state index in [0.717, 1.165) is 17.7 Å². The highest BCUT2D eigenvalue weighted by Gasteiger charge is 2.31. The number of allylic oxidation sites excluding steroid dienone is 3. The van der Waals surface area contributed by atoms with E-state index in [1.165, 1.54) is 23.5 Å². The second-order valence-electron chi connectivity index (χ2n) is 6.83. The first-order valence-corrected chi connectivity index (χ1v) is 10.2. The summed E-state index contributed by atoms with van der Waals surface area (Å²) < 4.78 is 40.8. The van der Waals surface area contributed by atoms with Gasteiger partial charge in [0.05, 0.1) is 16.2 Å². The van der Waals surface area contributed by atoms with Crippen molar-refractivity contribution in [3.05, 3.63) is 58.8 Å². The third kappa shape index (κ3) is 5.09. The van der Waals surface area contributed by atoms with Gasteiger partial charge in [0.1, 0.15) is 11.5 Å². The molecule has 0 atom stereocenters. The summed E-state index contributed by atoms with van der Waals surface area (Å²) in [6.07, 6.45) is -1.10. The Labute approximate surface area is 188 Å². The van der Waals surface area contributed by atoms with Gasteiger partial charge in [-0.25, -0.2) is 5.43 Å². The number of aromatic nitrogens is 4. The van der Waals surface area contributed by atoms with Gasteiger partial charge in [0.25, 0.3) is 5.91 Å².